The average Bonchev–Trinajstić information content (AvgIpc) is 2.40. The second kappa shape index (κ2) is 5.79. The number of hydrogen-bond donors (Lipinski definition) is 3. The van der Waals surface area contributed by atoms with E-state index in [1.807, 2.05) is 0 Å². The second-order valence-electron chi connectivity index (χ2n) is 4.38. The summed E-state index contributed by atoms with van der Waals surface area (Å²) in [7, 11) is 0. The van der Waals surface area contributed by atoms with Crippen molar-refractivity contribution >= 4 is 18.2 Å². The highest BCUT2D eigenvalue weighted by molar-refractivity contribution is 5.85. The number of nitrogens with zero attached hydrogens (tertiary/aromatic N) is 2. The van der Waals surface area contributed by atoms with Crippen molar-refractivity contribution in [3.05, 3.63) is 17.1 Å². The van der Waals surface area contributed by atoms with Crippen LogP contribution in [0, 0.1) is 0 Å². The Balaban J connectivity index is 0.00000120. The van der Waals surface area contributed by atoms with Crippen LogP contribution in [0.5, 0.6) is 0 Å². The van der Waals surface area contributed by atoms with Crippen molar-refractivity contribution < 1.29 is 4.74 Å². The highest BCUT2D eigenvalue weighted by Crippen LogP contribution is 2.22. The second-order valence-corrected chi connectivity index (χ2v) is 4.38. The van der Waals surface area contributed by atoms with Gasteiger partial charge in [-0.2, -0.15) is 0 Å². The summed E-state index contributed by atoms with van der Waals surface area (Å²) in [4.78, 5) is 8.96. The van der Waals surface area contributed by atoms with Crippen LogP contribution in [-0.4, -0.2) is 36.2 Å². The quantitative estimate of drug-likeness (QED) is 0.655. The van der Waals surface area contributed by atoms with Crippen molar-refractivity contribution in [3.63, 3.8) is 0 Å². The number of aromatic nitrogens is 2. The molecule has 0 bridgehead atoms. The Kier molecular flexibility index (Phi) is 4.34. The van der Waals surface area contributed by atoms with Gasteiger partial charge >= 0.3 is 0 Å². The molecule has 2 aliphatic heterocycles. The highest BCUT2D eigenvalue weighted by Gasteiger charge is 2.22. The van der Waals surface area contributed by atoms with E-state index in [0.29, 0.717) is 18.2 Å². The van der Waals surface area contributed by atoms with Crippen LogP contribution in [0.25, 0.3) is 0 Å². The van der Waals surface area contributed by atoms with Gasteiger partial charge in [0.1, 0.15) is 11.9 Å². The molecule has 18 heavy (non-hydrogen) atoms. The number of ether oxygens (including phenoxy) is 1. The van der Waals surface area contributed by atoms with Gasteiger partial charge in [-0.3, -0.25) is 0 Å². The summed E-state index contributed by atoms with van der Waals surface area (Å²) in [5.41, 5.74) is 8.11. The minimum Gasteiger partial charge on any atom is -0.383 e. The summed E-state index contributed by atoms with van der Waals surface area (Å²) in [5.74, 6) is 1.32. The first-order valence-electron chi connectivity index (χ1n) is 6.03. The Labute approximate surface area is 112 Å². The molecule has 0 radical (unpaired) electrons. The van der Waals surface area contributed by atoms with E-state index in [4.69, 9.17) is 10.5 Å². The van der Waals surface area contributed by atoms with Crippen LogP contribution in [0.4, 0.5) is 5.82 Å². The summed E-state index contributed by atoms with van der Waals surface area (Å²) < 4.78 is 5.65. The molecule has 1 aromatic heterocycles. The third-order valence-corrected chi connectivity index (χ3v) is 3.20. The molecule has 0 spiro atoms. The van der Waals surface area contributed by atoms with Crippen LogP contribution >= 0.6 is 12.4 Å². The fraction of sp³-hybridized carbons (Fsp3) is 0.636. The predicted octanol–water partition coefficient (Wildman–Crippen LogP) is -0.213. The number of nitrogens with two attached hydrogens (primary N) is 1. The van der Waals surface area contributed by atoms with Crippen molar-refractivity contribution in [1.82, 2.24) is 20.6 Å². The molecule has 6 nitrogen and oxygen atoms in total. The van der Waals surface area contributed by atoms with Crippen LogP contribution in [-0.2, 0) is 17.7 Å². The van der Waals surface area contributed by atoms with Crippen LogP contribution < -0.4 is 16.4 Å². The van der Waals surface area contributed by atoms with Gasteiger partial charge in [-0.05, 0) is 13.0 Å². The summed E-state index contributed by atoms with van der Waals surface area (Å²) in [6.45, 7) is 4.06. The number of nitrogen functional groups attached to an aromatic ring is 1. The summed E-state index contributed by atoms with van der Waals surface area (Å²) in [5, 5.41) is 6.57. The molecule has 2 aliphatic rings. The molecule has 0 amide bonds. The molecule has 0 aromatic carbocycles. The van der Waals surface area contributed by atoms with Gasteiger partial charge in [0.05, 0.1) is 12.3 Å². The first kappa shape index (κ1) is 13.5. The lowest BCUT2D eigenvalue weighted by Crippen LogP contribution is -2.35. The minimum atomic E-state index is -0.0710. The van der Waals surface area contributed by atoms with Gasteiger partial charge in [0, 0.05) is 25.2 Å². The fourth-order valence-electron chi connectivity index (χ4n) is 2.28. The SMILES string of the molecule is Cl.Nc1nc(C2CNCCO2)nc2c1CCNC2. The van der Waals surface area contributed by atoms with E-state index in [0.717, 1.165) is 43.9 Å². The van der Waals surface area contributed by atoms with Crippen LogP contribution in [0.1, 0.15) is 23.2 Å². The van der Waals surface area contributed by atoms with Crippen molar-refractivity contribution in [2.45, 2.75) is 19.1 Å². The van der Waals surface area contributed by atoms with E-state index in [1.54, 1.807) is 0 Å². The lowest BCUT2D eigenvalue weighted by Gasteiger charge is -2.24. The van der Waals surface area contributed by atoms with E-state index in [9.17, 15) is 0 Å². The number of fused-ring (bicyclic) bond motifs is 1. The molecule has 0 aliphatic carbocycles. The molecule has 4 N–H and O–H groups in total. The molecule has 1 unspecified atom stereocenters. The predicted molar refractivity (Wildman–Crippen MR) is 70.7 cm³/mol. The molecular weight excluding hydrogens is 254 g/mol. The largest absolute Gasteiger partial charge is 0.383 e. The van der Waals surface area contributed by atoms with Crippen LogP contribution in [0.15, 0.2) is 0 Å². The summed E-state index contributed by atoms with van der Waals surface area (Å²) in [6, 6.07) is 0. The zero-order valence-electron chi connectivity index (χ0n) is 10.1. The maximum Gasteiger partial charge on any atom is 0.161 e. The number of nitrogens with one attached hydrogen (secondary N) is 2. The maximum atomic E-state index is 5.99. The molecule has 1 saturated heterocycles. The van der Waals surface area contributed by atoms with Gasteiger partial charge in [0.25, 0.3) is 0 Å². The Bertz CT molecular complexity index is 422. The first-order chi connectivity index (χ1) is 8.34. The fourth-order valence-corrected chi connectivity index (χ4v) is 2.28. The zero-order chi connectivity index (χ0) is 11.7. The number of halogens is 1. The minimum absolute atomic E-state index is 0. The van der Waals surface area contributed by atoms with Gasteiger partial charge in [0.2, 0.25) is 0 Å². The number of anilines is 1. The lowest BCUT2D eigenvalue weighted by atomic mass is 10.1. The van der Waals surface area contributed by atoms with Crippen molar-refractivity contribution in [3.8, 4) is 0 Å². The van der Waals surface area contributed by atoms with Gasteiger partial charge in [0.15, 0.2) is 5.82 Å². The molecule has 3 rings (SSSR count). The van der Waals surface area contributed by atoms with Crippen molar-refractivity contribution in [2.24, 2.45) is 0 Å². The topological polar surface area (TPSA) is 85.1 Å². The lowest BCUT2D eigenvalue weighted by molar-refractivity contribution is 0.0220. The molecule has 3 heterocycles. The van der Waals surface area contributed by atoms with E-state index >= 15 is 0 Å². The van der Waals surface area contributed by atoms with Crippen molar-refractivity contribution in [2.75, 3.05) is 32.0 Å². The molecule has 1 atom stereocenters. The normalized spacial score (nSPS) is 23.0. The van der Waals surface area contributed by atoms with E-state index < -0.39 is 0 Å². The molecule has 100 valence electrons. The highest BCUT2D eigenvalue weighted by atomic mass is 35.5. The Hall–Kier alpha value is -0.950. The van der Waals surface area contributed by atoms with Gasteiger partial charge < -0.3 is 21.1 Å². The van der Waals surface area contributed by atoms with Gasteiger partial charge in [-0.25, -0.2) is 9.97 Å². The molecule has 0 saturated carbocycles. The van der Waals surface area contributed by atoms with E-state index in [2.05, 4.69) is 20.6 Å². The Morgan fingerprint density at radius 3 is 2.89 bits per heavy atom. The molecular formula is C11H18ClN5O. The maximum absolute atomic E-state index is 5.99. The summed E-state index contributed by atoms with van der Waals surface area (Å²) >= 11 is 0. The monoisotopic (exact) mass is 271 g/mol. The third-order valence-electron chi connectivity index (χ3n) is 3.20. The van der Waals surface area contributed by atoms with Crippen LogP contribution in [0.2, 0.25) is 0 Å². The number of rotatable bonds is 1. The molecule has 7 heteroatoms. The number of hydrogen-bond acceptors (Lipinski definition) is 6. The van der Waals surface area contributed by atoms with E-state index in [-0.39, 0.29) is 18.5 Å². The first-order valence-corrected chi connectivity index (χ1v) is 6.03. The van der Waals surface area contributed by atoms with Gasteiger partial charge in [-0.15, -0.1) is 12.4 Å². The van der Waals surface area contributed by atoms with Gasteiger partial charge in [-0.1, -0.05) is 0 Å². The van der Waals surface area contributed by atoms with Crippen LogP contribution in [0.3, 0.4) is 0 Å². The van der Waals surface area contributed by atoms with E-state index in [1.165, 1.54) is 0 Å². The zero-order valence-corrected chi connectivity index (χ0v) is 10.9. The average molecular weight is 272 g/mol. The Morgan fingerprint density at radius 1 is 1.22 bits per heavy atom. The Morgan fingerprint density at radius 2 is 2.11 bits per heavy atom. The number of morpholine rings is 1. The van der Waals surface area contributed by atoms with Crippen molar-refractivity contribution in [1.29, 1.82) is 0 Å². The summed E-state index contributed by atoms with van der Waals surface area (Å²) in [6.07, 6.45) is 0.837. The standard InChI is InChI=1S/C11H17N5O.ClH/c12-10-7-1-2-13-5-8(7)15-11(16-10)9-6-14-3-4-17-9;/h9,13-14H,1-6H2,(H2,12,15,16);1H. The molecule has 1 fully saturated rings. The molecule has 1 aromatic rings. The smallest absolute Gasteiger partial charge is 0.161 e. The third kappa shape index (κ3) is 2.56.